The van der Waals surface area contributed by atoms with Crippen LogP contribution in [0.1, 0.15) is 17.5 Å². The standard InChI is InChI=1S/C25H33NO6Si/c1-7-17-12-19-13-20(9-8-18(19)14-22(17)30-2)25(29)15-21(23(27)31-3)26(16-25)24(28)32-10-11-33(4,5)6/h7-9,12-14,21,29H,1,10-11,15-16H2,2-6H3/t21-,25-/m0/s1. The zero-order valence-electron chi connectivity index (χ0n) is 20.0. The zero-order valence-corrected chi connectivity index (χ0v) is 21.0. The molecule has 0 aromatic heterocycles. The third-order valence-electron chi connectivity index (χ3n) is 6.07. The lowest BCUT2D eigenvalue weighted by Gasteiger charge is -2.25. The summed E-state index contributed by atoms with van der Waals surface area (Å²) >= 11 is 0. The lowest BCUT2D eigenvalue weighted by molar-refractivity contribution is -0.145. The lowest BCUT2D eigenvalue weighted by Crippen LogP contribution is -2.42. The van der Waals surface area contributed by atoms with Gasteiger partial charge in [0.25, 0.3) is 0 Å². The Morgan fingerprint density at radius 2 is 1.94 bits per heavy atom. The number of ether oxygens (including phenoxy) is 3. The van der Waals surface area contributed by atoms with Crippen molar-refractivity contribution in [2.45, 2.75) is 43.7 Å². The largest absolute Gasteiger partial charge is 0.496 e. The zero-order chi connectivity index (χ0) is 24.4. The van der Waals surface area contributed by atoms with Gasteiger partial charge in [-0.3, -0.25) is 4.90 Å². The fourth-order valence-electron chi connectivity index (χ4n) is 4.08. The molecule has 2 aromatic carbocycles. The van der Waals surface area contributed by atoms with Gasteiger partial charge in [0.1, 0.15) is 17.4 Å². The van der Waals surface area contributed by atoms with E-state index in [9.17, 15) is 14.7 Å². The van der Waals surface area contributed by atoms with E-state index in [0.29, 0.717) is 17.9 Å². The molecule has 2 aromatic rings. The number of hydrogen-bond acceptors (Lipinski definition) is 6. The molecule has 0 saturated carbocycles. The number of fused-ring (bicyclic) bond motifs is 1. The molecule has 1 aliphatic rings. The number of carbonyl (C=O) groups excluding carboxylic acids is 2. The van der Waals surface area contributed by atoms with Crippen molar-refractivity contribution < 1.29 is 28.9 Å². The Hall–Kier alpha value is -2.84. The summed E-state index contributed by atoms with van der Waals surface area (Å²) in [6.45, 7) is 10.6. The average Bonchev–Trinajstić information content (AvgIpc) is 3.15. The summed E-state index contributed by atoms with van der Waals surface area (Å²) in [6.07, 6.45) is 1.12. The van der Waals surface area contributed by atoms with Crippen LogP contribution in [0.2, 0.25) is 25.7 Å². The van der Waals surface area contributed by atoms with Gasteiger partial charge in [-0.25, -0.2) is 9.59 Å². The third kappa shape index (κ3) is 5.39. The van der Waals surface area contributed by atoms with Gasteiger partial charge in [-0.05, 0) is 40.6 Å². The van der Waals surface area contributed by atoms with Crippen LogP contribution in [0.25, 0.3) is 16.8 Å². The number of nitrogens with zero attached hydrogens (tertiary/aromatic N) is 1. The number of aliphatic hydroxyl groups is 1. The van der Waals surface area contributed by atoms with Crippen LogP contribution in [-0.2, 0) is 19.9 Å². The molecule has 178 valence electrons. The highest BCUT2D eigenvalue weighted by Crippen LogP contribution is 2.39. The van der Waals surface area contributed by atoms with Crippen molar-refractivity contribution in [3.63, 3.8) is 0 Å². The van der Waals surface area contributed by atoms with E-state index in [2.05, 4.69) is 26.2 Å². The molecule has 1 N–H and O–H groups in total. The Labute approximate surface area is 195 Å². The average molecular weight is 472 g/mol. The predicted octanol–water partition coefficient (Wildman–Crippen LogP) is 4.40. The smallest absolute Gasteiger partial charge is 0.410 e. The second-order valence-corrected chi connectivity index (χ2v) is 15.3. The predicted molar refractivity (Wildman–Crippen MR) is 131 cm³/mol. The van der Waals surface area contributed by atoms with Gasteiger partial charge in [0.15, 0.2) is 0 Å². The van der Waals surface area contributed by atoms with Crippen LogP contribution >= 0.6 is 0 Å². The molecular formula is C25H33NO6Si. The first-order chi connectivity index (χ1) is 15.5. The van der Waals surface area contributed by atoms with E-state index >= 15 is 0 Å². The van der Waals surface area contributed by atoms with E-state index in [4.69, 9.17) is 14.2 Å². The Kier molecular flexibility index (Phi) is 7.19. The van der Waals surface area contributed by atoms with Crippen molar-refractivity contribution in [2.24, 2.45) is 0 Å². The van der Waals surface area contributed by atoms with E-state index in [1.165, 1.54) is 12.0 Å². The topological polar surface area (TPSA) is 85.3 Å². The van der Waals surface area contributed by atoms with Crippen LogP contribution in [0.5, 0.6) is 5.75 Å². The number of benzene rings is 2. The number of amides is 1. The molecule has 0 bridgehead atoms. The molecule has 3 rings (SSSR count). The van der Waals surface area contributed by atoms with Gasteiger partial charge in [-0.15, -0.1) is 0 Å². The molecule has 2 atom stereocenters. The number of carbonyl (C=O) groups is 2. The van der Waals surface area contributed by atoms with E-state index in [1.54, 1.807) is 13.2 Å². The SMILES string of the molecule is C=Cc1cc2cc([C@]3(O)C[C@@H](C(=O)OC)N(C(=O)OCC[Si](C)(C)C)C3)ccc2cc1OC. The number of rotatable bonds is 7. The van der Waals surface area contributed by atoms with Crippen molar-refractivity contribution in [1.82, 2.24) is 4.90 Å². The highest BCUT2D eigenvalue weighted by atomic mass is 28.3. The quantitative estimate of drug-likeness (QED) is 0.476. The first kappa shape index (κ1) is 24.8. The van der Waals surface area contributed by atoms with Gasteiger partial charge in [0, 0.05) is 20.1 Å². The van der Waals surface area contributed by atoms with Crippen molar-refractivity contribution >= 4 is 37.0 Å². The van der Waals surface area contributed by atoms with Gasteiger partial charge in [0.05, 0.1) is 27.4 Å². The monoisotopic (exact) mass is 471 g/mol. The first-order valence-corrected chi connectivity index (χ1v) is 14.7. The molecule has 0 aliphatic carbocycles. The number of likely N-dealkylation sites (tertiary alicyclic amines) is 1. The Morgan fingerprint density at radius 3 is 2.55 bits per heavy atom. The van der Waals surface area contributed by atoms with Crippen molar-refractivity contribution in [2.75, 3.05) is 27.4 Å². The molecule has 1 heterocycles. The highest BCUT2D eigenvalue weighted by Gasteiger charge is 2.50. The molecule has 1 amide bonds. The lowest BCUT2D eigenvalue weighted by atomic mass is 9.89. The number of hydrogen-bond donors (Lipinski definition) is 1. The van der Waals surface area contributed by atoms with Crippen LogP contribution in [-0.4, -0.2) is 63.6 Å². The molecule has 1 saturated heterocycles. The summed E-state index contributed by atoms with van der Waals surface area (Å²) in [5.41, 5.74) is 0.0288. The van der Waals surface area contributed by atoms with Gasteiger partial charge in [0.2, 0.25) is 0 Å². The molecule has 0 unspecified atom stereocenters. The Bertz CT molecular complexity index is 1060. The van der Waals surface area contributed by atoms with Gasteiger partial charge in [-0.2, -0.15) is 0 Å². The van der Waals surface area contributed by atoms with Crippen molar-refractivity contribution in [1.29, 1.82) is 0 Å². The summed E-state index contributed by atoms with van der Waals surface area (Å²) in [6, 6.07) is 9.31. The third-order valence-corrected chi connectivity index (χ3v) is 7.77. The molecular weight excluding hydrogens is 438 g/mol. The number of esters is 1. The molecule has 1 fully saturated rings. The van der Waals surface area contributed by atoms with Crippen LogP contribution in [0.15, 0.2) is 36.9 Å². The molecule has 7 nitrogen and oxygen atoms in total. The second-order valence-electron chi connectivity index (χ2n) is 9.69. The fourth-order valence-corrected chi connectivity index (χ4v) is 4.80. The fraction of sp³-hybridized carbons (Fsp3) is 0.440. The van der Waals surface area contributed by atoms with Crippen LogP contribution in [0.4, 0.5) is 4.79 Å². The molecule has 33 heavy (non-hydrogen) atoms. The van der Waals surface area contributed by atoms with Gasteiger partial charge < -0.3 is 19.3 Å². The maximum absolute atomic E-state index is 12.8. The van der Waals surface area contributed by atoms with E-state index in [0.717, 1.165) is 22.4 Å². The summed E-state index contributed by atoms with van der Waals surface area (Å²) in [7, 11) is 1.49. The maximum Gasteiger partial charge on any atom is 0.410 e. The summed E-state index contributed by atoms with van der Waals surface area (Å²) in [4.78, 5) is 26.6. The first-order valence-electron chi connectivity index (χ1n) is 11.0. The number of β-amino-alcohol motifs (C(OH)–C–C–N with tert-alkyl or cyclic N) is 1. The summed E-state index contributed by atoms with van der Waals surface area (Å²) < 4.78 is 15.8. The molecule has 0 radical (unpaired) electrons. The molecule has 1 aliphatic heterocycles. The minimum atomic E-state index is -1.42. The second kappa shape index (κ2) is 9.57. The Balaban J connectivity index is 1.90. The van der Waals surface area contributed by atoms with Crippen LogP contribution in [0, 0.1) is 0 Å². The van der Waals surface area contributed by atoms with Crippen molar-refractivity contribution in [3.8, 4) is 5.75 Å². The van der Waals surface area contributed by atoms with E-state index in [1.807, 2.05) is 30.3 Å². The maximum atomic E-state index is 12.8. The summed E-state index contributed by atoms with van der Waals surface area (Å²) in [5.74, 6) is 0.135. The molecule has 8 heteroatoms. The van der Waals surface area contributed by atoms with E-state index in [-0.39, 0.29) is 13.0 Å². The Morgan fingerprint density at radius 1 is 1.21 bits per heavy atom. The number of methoxy groups -OCH3 is 2. The normalized spacial score (nSPS) is 20.5. The van der Waals surface area contributed by atoms with Crippen LogP contribution < -0.4 is 4.74 Å². The summed E-state index contributed by atoms with van der Waals surface area (Å²) in [5, 5.41) is 13.4. The minimum Gasteiger partial charge on any atom is -0.496 e. The minimum absolute atomic E-state index is 0.0266. The van der Waals surface area contributed by atoms with Crippen LogP contribution in [0.3, 0.4) is 0 Å². The van der Waals surface area contributed by atoms with Gasteiger partial charge in [-0.1, -0.05) is 44.4 Å². The van der Waals surface area contributed by atoms with Gasteiger partial charge >= 0.3 is 12.1 Å². The highest BCUT2D eigenvalue weighted by molar-refractivity contribution is 6.76. The van der Waals surface area contributed by atoms with Crippen molar-refractivity contribution in [3.05, 3.63) is 48.0 Å². The molecule has 0 spiro atoms. The van der Waals surface area contributed by atoms with E-state index < -0.39 is 31.8 Å².